The van der Waals surface area contributed by atoms with E-state index in [2.05, 4.69) is 121 Å². The molecule has 38 heavy (non-hydrogen) atoms. The van der Waals surface area contributed by atoms with Gasteiger partial charge in [-0.3, -0.25) is 0 Å². The largest absolute Gasteiger partial charge is 0.324 e. The zero-order valence-electron chi connectivity index (χ0n) is 23.8. The molecule has 0 aliphatic heterocycles. The number of hydrogen-bond acceptors (Lipinski definition) is 2. The second-order valence-corrected chi connectivity index (χ2v) is 12.9. The van der Waals surface area contributed by atoms with E-state index in [1.165, 1.54) is 51.8 Å². The summed E-state index contributed by atoms with van der Waals surface area (Å²) in [5, 5.41) is 3.81. The van der Waals surface area contributed by atoms with Gasteiger partial charge in [0.15, 0.2) is 0 Å². The third kappa shape index (κ3) is 8.10. The Balaban J connectivity index is 0.000000276. The number of hydrogen-bond donors (Lipinski definition) is 2. The first-order valence-electron chi connectivity index (χ1n) is 13.8. The molecule has 2 aliphatic rings. The van der Waals surface area contributed by atoms with Crippen LogP contribution in [0.3, 0.4) is 0 Å². The minimum atomic E-state index is 0. The van der Waals surface area contributed by atoms with E-state index in [1.54, 1.807) is 0 Å². The van der Waals surface area contributed by atoms with Gasteiger partial charge in [0, 0.05) is 67.0 Å². The second kappa shape index (κ2) is 13.7. The van der Waals surface area contributed by atoms with E-state index >= 15 is 0 Å². The smallest absolute Gasteiger partial charge is 0.0331 e. The molecule has 0 radical (unpaired) electrons. The van der Waals surface area contributed by atoms with E-state index in [0.29, 0.717) is 12.1 Å². The quantitative estimate of drug-likeness (QED) is 0.304. The molecule has 0 heterocycles. The summed E-state index contributed by atoms with van der Waals surface area (Å²) < 4.78 is 0. The summed E-state index contributed by atoms with van der Waals surface area (Å²) in [5.74, 6) is 0. The van der Waals surface area contributed by atoms with Crippen LogP contribution in [0.25, 0.3) is 0 Å². The minimum Gasteiger partial charge on any atom is -0.324 e. The molecular formula is C35H50N2Xe. The minimum absolute atomic E-state index is 0. The molecule has 0 saturated heterocycles. The Morgan fingerprint density at radius 3 is 1.79 bits per heavy atom. The van der Waals surface area contributed by atoms with E-state index in [-0.39, 0.29) is 73.2 Å². The first-order chi connectivity index (χ1) is 16.9. The predicted molar refractivity (Wildman–Crippen MR) is 161 cm³/mol. The van der Waals surface area contributed by atoms with Crippen molar-refractivity contribution in [1.29, 1.82) is 0 Å². The summed E-state index contributed by atoms with van der Waals surface area (Å²) in [6.45, 7) is 15.9. The average molecular weight is 630 g/mol. The summed E-state index contributed by atoms with van der Waals surface area (Å²) >= 11 is 0. The number of benzene rings is 3. The van der Waals surface area contributed by atoms with Gasteiger partial charge in [0.1, 0.15) is 0 Å². The molecule has 3 heteroatoms. The van der Waals surface area contributed by atoms with Crippen LogP contribution in [-0.2, 0) is 23.7 Å². The number of nitrogens with one attached hydrogen (secondary N) is 1. The zero-order chi connectivity index (χ0) is 26.1. The third-order valence-electron chi connectivity index (χ3n) is 7.97. The molecule has 3 aromatic rings. The summed E-state index contributed by atoms with van der Waals surface area (Å²) in [6, 6.07) is 25.7. The van der Waals surface area contributed by atoms with Crippen molar-refractivity contribution in [1.82, 2.24) is 5.32 Å². The number of fused-ring (bicyclic) bond motifs is 2. The van der Waals surface area contributed by atoms with Gasteiger partial charge >= 0.3 is 0 Å². The molecule has 2 aliphatic carbocycles. The van der Waals surface area contributed by atoms with Crippen LogP contribution < -0.4 is 11.1 Å². The summed E-state index contributed by atoms with van der Waals surface area (Å²) in [5.41, 5.74) is 16.6. The summed E-state index contributed by atoms with van der Waals surface area (Å²) in [6.07, 6.45) is 4.67. The van der Waals surface area contributed by atoms with E-state index < -0.39 is 0 Å². The van der Waals surface area contributed by atoms with Crippen LogP contribution in [-0.4, -0.2) is 0 Å². The van der Waals surface area contributed by atoms with Crippen LogP contribution in [0, 0.1) is 48.9 Å². The van der Waals surface area contributed by atoms with Crippen LogP contribution in [0.4, 0.5) is 0 Å². The molecule has 0 fully saturated rings. The maximum Gasteiger partial charge on any atom is 0.0331 e. The van der Waals surface area contributed by atoms with Gasteiger partial charge in [-0.1, -0.05) is 116 Å². The molecule has 1 unspecified atom stereocenters. The summed E-state index contributed by atoms with van der Waals surface area (Å²) in [7, 11) is 0. The maximum atomic E-state index is 6.01. The van der Waals surface area contributed by atoms with Crippen LogP contribution >= 0.6 is 0 Å². The van der Waals surface area contributed by atoms with E-state index in [1.807, 2.05) is 0 Å². The molecule has 0 spiro atoms. The molecular weight excluding hydrogens is 580 g/mol. The van der Waals surface area contributed by atoms with Gasteiger partial charge in [-0.2, -0.15) is 0 Å². The molecule has 2 nitrogen and oxygen atoms in total. The summed E-state index contributed by atoms with van der Waals surface area (Å²) in [4.78, 5) is 0. The van der Waals surface area contributed by atoms with Gasteiger partial charge in [0.25, 0.3) is 0 Å². The van der Waals surface area contributed by atoms with Crippen LogP contribution in [0.2, 0.25) is 0 Å². The van der Waals surface area contributed by atoms with Crippen molar-refractivity contribution in [3.05, 3.63) is 106 Å². The van der Waals surface area contributed by atoms with Crippen molar-refractivity contribution >= 4 is 0 Å². The number of aryl methyl sites for hydroxylation is 2. The fraction of sp³-hybridized carbons (Fsp3) is 0.486. The molecule has 208 valence electrons. The second-order valence-electron chi connectivity index (χ2n) is 12.9. The molecule has 0 saturated carbocycles. The molecule has 5 rings (SSSR count). The molecule has 0 aromatic heterocycles. The van der Waals surface area contributed by atoms with E-state index in [9.17, 15) is 0 Å². The van der Waals surface area contributed by atoms with Gasteiger partial charge in [-0.15, -0.1) is 0 Å². The van der Waals surface area contributed by atoms with Crippen molar-refractivity contribution in [2.24, 2.45) is 5.73 Å². The molecule has 0 amide bonds. The Morgan fingerprint density at radius 2 is 1.24 bits per heavy atom. The molecule has 3 atom stereocenters. The topological polar surface area (TPSA) is 38.0 Å². The Morgan fingerprint density at radius 1 is 0.737 bits per heavy atom. The zero-order valence-corrected chi connectivity index (χ0v) is 25.9. The number of nitrogens with two attached hydrogens (primary N) is 1. The van der Waals surface area contributed by atoms with E-state index in [0.717, 1.165) is 12.8 Å². The third-order valence-corrected chi connectivity index (χ3v) is 7.97. The van der Waals surface area contributed by atoms with Crippen LogP contribution in [0.15, 0.2) is 66.7 Å². The Kier molecular flexibility index (Phi) is 12.0. The number of rotatable bonds is 3. The van der Waals surface area contributed by atoms with Gasteiger partial charge < -0.3 is 11.1 Å². The fourth-order valence-electron chi connectivity index (χ4n) is 5.51. The molecule has 3 N–H and O–H groups in total. The Labute approximate surface area is 273 Å². The van der Waals surface area contributed by atoms with Crippen molar-refractivity contribution in [2.45, 2.75) is 111 Å². The van der Waals surface area contributed by atoms with Crippen molar-refractivity contribution in [3.8, 4) is 0 Å². The first kappa shape index (κ1) is 33.4. The first-order valence-corrected chi connectivity index (χ1v) is 13.8. The Bertz CT molecular complexity index is 1170. The van der Waals surface area contributed by atoms with Crippen molar-refractivity contribution in [3.63, 3.8) is 0 Å². The molecule has 0 bridgehead atoms. The fourth-order valence-corrected chi connectivity index (χ4v) is 5.51. The van der Waals surface area contributed by atoms with Crippen molar-refractivity contribution < 1.29 is 48.9 Å². The SMILES string of the molecule is C.CC(C)(C)c1ccc2c(c1)CC[C@H]2N.C[C@@H](NC1CCc2cc(C(C)(C)C)ccc21)c1ccccc1.[Xe]. The van der Waals surface area contributed by atoms with Gasteiger partial charge in [-0.25, -0.2) is 0 Å². The van der Waals surface area contributed by atoms with Crippen LogP contribution in [0.1, 0.15) is 126 Å². The van der Waals surface area contributed by atoms with Crippen LogP contribution in [0.5, 0.6) is 0 Å². The molecule has 3 aromatic carbocycles. The monoisotopic (exact) mass is 630 g/mol. The maximum absolute atomic E-state index is 6.01. The van der Waals surface area contributed by atoms with Crippen molar-refractivity contribution in [2.75, 3.05) is 0 Å². The standard InChI is InChI=1S/C21H27N.C13H19N.CH4.Xe/c1-15(16-8-6-5-7-9-16)22-20-13-10-17-14-18(21(2,3)4)11-12-19(17)20;1-13(2,3)10-5-6-11-9(8-10)4-7-12(11)14;;/h5-9,11-12,14-15,20,22H,10,13H2,1-4H3;5-6,8,12H,4,7,14H2,1-3H3;1H4;/t15-,20?;12-;;/m11../s1. The van der Waals surface area contributed by atoms with Gasteiger partial charge in [-0.05, 0) is 82.4 Å². The van der Waals surface area contributed by atoms with E-state index in [4.69, 9.17) is 5.73 Å². The average Bonchev–Trinajstić information content (AvgIpc) is 3.41. The van der Waals surface area contributed by atoms with Gasteiger partial charge in [0.2, 0.25) is 0 Å². The predicted octanol–water partition coefficient (Wildman–Crippen LogP) is 8.89. The normalized spacial score (nSPS) is 18.7. The van der Waals surface area contributed by atoms with Gasteiger partial charge in [0.05, 0.1) is 0 Å². The Hall–Kier alpha value is -0.849.